The van der Waals surface area contributed by atoms with E-state index in [-0.39, 0.29) is 42.2 Å². The zero-order valence-electron chi connectivity index (χ0n) is 14.0. The van der Waals surface area contributed by atoms with Gasteiger partial charge in [0.15, 0.2) is 5.78 Å². The van der Waals surface area contributed by atoms with Crippen LogP contribution in [-0.2, 0) is 19.1 Å². The van der Waals surface area contributed by atoms with Gasteiger partial charge in [-0.3, -0.25) is 14.4 Å². The van der Waals surface area contributed by atoms with E-state index in [0.717, 1.165) is 11.1 Å². The van der Waals surface area contributed by atoms with Gasteiger partial charge in [0.2, 0.25) is 0 Å². The number of hydrogen-bond acceptors (Lipinski definition) is 5. The first kappa shape index (κ1) is 15.8. The monoisotopic (exact) mass is 330 g/mol. The number of allylic oxidation sites excluding steroid dienone is 2. The zero-order valence-corrected chi connectivity index (χ0v) is 14.0. The van der Waals surface area contributed by atoms with Gasteiger partial charge in [-0.05, 0) is 31.8 Å². The molecular weight excluding hydrogens is 308 g/mol. The predicted molar refractivity (Wildman–Crippen MR) is 84.8 cm³/mol. The molecule has 0 aromatic rings. The van der Waals surface area contributed by atoms with Crippen molar-refractivity contribution >= 4 is 17.5 Å². The average molecular weight is 330 g/mol. The Labute approximate surface area is 140 Å². The maximum atomic E-state index is 12.8. The van der Waals surface area contributed by atoms with Gasteiger partial charge in [-0.1, -0.05) is 12.2 Å². The van der Waals surface area contributed by atoms with Crippen LogP contribution in [0.3, 0.4) is 0 Å². The minimum Gasteiger partial charge on any atom is -0.461 e. The van der Waals surface area contributed by atoms with Gasteiger partial charge < -0.3 is 9.84 Å². The summed E-state index contributed by atoms with van der Waals surface area (Å²) < 4.78 is 5.50. The summed E-state index contributed by atoms with van der Waals surface area (Å²) in [5.41, 5.74) is 0.996. The summed E-state index contributed by atoms with van der Waals surface area (Å²) in [4.78, 5) is 38.0. The van der Waals surface area contributed by atoms with Gasteiger partial charge in [-0.15, -0.1) is 0 Å². The highest BCUT2D eigenvalue weighted by atomic mass is 16.6. The van der Waals surface area contributed by atoms with Crippen molar-refractivity contribution in [2.45, 2.75) is 51.2 Å². The van der Waals surface area contributed by atoms with Crippen LogP contribution in [-0.4, -0.2) is 34.3 Å². The fourth-order valence-electron chi connectivity index (χ4n) is 5.29. The molecule has 6 atom stereocenters. The number of carbonyl (C=O) groups is 3. The Hall–Kier alpha value is -1.75. The normalized spacial score (nSPS) is 44.1. The van der Waals surface area contributed by atoms with Crippen LogP contribution in [0.4, 0.5) is 0 Å². The molecule has 128 valence electrons. The summed E-state index contributed by atoms with van der Waals surface area (Å²) in [6.07, 6.45) is 0.820. The molecule has 1 aliphatic heterocycles. The maximum Gasteiger partial charge on any atom is 0.313 e. The third-order valence-electron chi connectivity index (χ3n) is 6.40. The Morgan fingerprint density at radius 1 is 1.29 bits per heavy atom. The van der Waals surface area contributed by atoms with E-state index >= 15 is 0 Å². The van der Waals surface area contributed by atoms with Crippen LogP contribution in [0.1, 0.15) is 39.5 Å². The summed E-state index contributed by atoms with van der Waals surface area (Å²) in [6, 6.07) is 0. The van der Waals surface area contributed by atoms with Crippen LogP contribution in [0.15, 0.2) is 23.3 Å². The summed E-state index contributed by atoms with van der Waals surface area (Å²) in [7, 11) is 0. The topological polar surface area (TPSA) is 80.7 Å². The van der Waals surface area contributed by atoms with E-state index in [1.165, 1.54) is 0 Å². The lowest BCUT2D eigenvalue weighted by molar-refractivity contribution is -0.145. The smallest absolute Gasteiger partial charge is 0.313 e. The molecule has 1 N–H and O–H groups in total. The first-order chi connectivity index (χ1) is 11.2. The van der Waals surface area contributed by atoms with Gasteiger partial charge in [0.05, 0.1) is 17.4 Å². The number of aliphatic hydroxyl groups is 1. The van der Waals surface area contributed by atoms with Crippen LogP contribution in [0.2, 0.25) is 0 Å². The van der Waals surface area contributed by atoms with Gasteiger partial charge in [0.25, 0.3) is 0 Å². The lowest BCUT2D eigenvalue weighted by Gasteiger charge is -2.29. The van der Waals surface area contributed by atoms with Gasteiger partial charge >= 0.3 is 5.97 Å². The van der Waals surface area contributed by atoms with Crippen molar-refractivity contribution in [3.8, 4) is 0 Å². The van der Waals surface area contributed by atoms with Crippen LogP contribution >= 0.6 is 0 Å². The first-order valence-electron chi connectivity index (χ1n) is 8.57. The summed E-state index contributed by atoms with van der Waals surface area (Å²) in [5, 5.41) is 10.7. The lowest BCUT2D eigenvalue weighted by atomic mass is 9.72. The fourth-order valence-corrected chi connectivity index (χ4v) is 5.29. The van der Waals surface area contributed by atoms with Crippen LogP contribution in [0.25, 0.3) is 0 Å². The van der Waals surface area contributed by atoms with Crippen molar-refractivity contribution in [3.05, 3.63) is 23.3 Å². The Bertz CT molecular complexity index is 713. The summed E-state index contributed by atoms with van der Waals surface area (Å²) in [6.45, 7) is 7.49. The number of esters is 1. The van der Waals surface area contributed by atoms with E-state index < -0.39 is 23.5 Å². The molecule has 1 saturated heterocycles. The number of rotatable bonds is 1. The van der Waals surface area contributed by atoms with Gasteiger partial charge in [-0.25, -0.2) is 0 Å². The molecule has 0 unspecified atom stereocenters. The number of Topliss-reactive ketones (excluding diaryl/α,β-unsaturated/α-hetero) is 2. The van der Waals surface area contributed by atoms with E-state index in [1.807, 2.05) is 6.92 Å². The summed E-state index contributed by atoms with van der Waals surface area (Å²) >= 11 is 0. The molecule has 0 spiro atoms. The summed E-state index contributed by atoms with van der Waals surface area (Å²) in [5.74, 6) is -2.08. The molecule has 5 nitrogen and oxygen atoms in total. The number of carbonyl (C=O) groups excluding carboxylic acids is 3. The third kappa shape index (κ3) is 2.00. The molecule has 5 heteroatoms. The molecule has 0 aromatic heterocycles. The van der Waals surface area contributed by atoms with Crippen LogP contribution in [0.5, 0.6) is 0 Å². The Kier molecular flexibility index (Phi) is 3.21. The first-order valence-corrected chi connectivity index (χ1v) is 8.57. The predicted octanol–water partition coefficient (Wildman–Crippen LogP) is 1.74. The standard InChI is InChI=1S/C19H22O5/c1-8(2)9-4-11-10(12(20)5-9)6-13(21)17-16-14(7-19(17,3)23)24-18(22)15(11)16/h9,14-17,23H,1,4-7H2,2-3H3/t9-,14+,15-,16-,17-,19-/m0/s1. The number of fused-ring (bicyclic) bond motifs is 1. The van der Waals surface area contributed by atoms with E-state index in [9.17, 15) is 19.5 Å². The molecule has 2 fully saturated rings. The Morgan fingerprint density at radius 2 is 2.00 bits per heavy atom. The fraction of sp³-hybridized carbons (Fsp3) is 0.632. The van der Waals surface area contributed by atoms with E-state index in [1.54, 1.807) is 6.92 Å². The van der Waals surface area contributed by atoms with Crippen LogP contribution < -0.4 is 0 Å². The second-order valence-corrected chi connectivity index (χ2v) is 8.09. The Balaban J connectivity index is 1.84. The van der Waals surface area contributed by atoms with Crippen molar-refractivity contribution in [1.29, 1.82) is 0 Å². The van der Waals surface area contributed by atoms with E-state index in [0.29, 0.717) is 18.4 Å². The van der Waals surface area contributed by atoms with E-state index in [2.05, 4.69) is 6.58 Å². The van der Waals surface area contributed by atoms with Crippen molar-refractivity contribution < 1.29 is 24.2 Å². The van der Waals surface area contributed by atoms with Crippen molar-refractivity contribution in [2.24, 2.45) is 23.7 Å². The van der Waals surface area contributed by atoms with Gasteiger partial charge in [0, 0.05) is 30.8 Å². The van der Waals surface area contributed by atoms with Gasteiger partial charge in [-0.2, -0.15) is 0 Å². The highest BCUT2D eigenvalue weighted by Crippen LogP contribution is 2.56. The number of ketones is 2. The average Bonchev–Trinajstić information content (AvgIpc) is 2.83. The van der Waals surface area contributed by atoms with Crippen molar-refractivity contribution in [3.63, 3.8) is 0 Å². The molecule has 0 bridgehead atoms. The molecule has 4 rings (SSSR count). The highest BCUT2D eigenvalue weighted by molar-refractivity contribution is 6.05. The lowest BCUT2D eigenvalue weighted by Crippen LogP contribution is -2.39. The van der Waals surface area contributed by atoms with Crippen LogP contribution in [0, 0.1) is 23.7 Å². The minimum atomic E-state index is -1.18. The third-order valence-corrected chi connectivity index (χ3v) is 6.40. The zero-order chi connectivity index (χ0) is 17.4. The maximum absolute atomic E-state index is 12.8. The number of ether oxygens (including phenoxy) is 1. The second kappa shape index (κ2) is 4.88. The molecule has 0 radical (unpaired) electrons. The van der Waals surface area contributed by atoms with Crippen molar-refractivity contribution in [1.82, 2.24) is 0 Å². The Morgan fingerprint density at radius 3 is 2.67 bits per heavy atom. The van der Waals surface area contributed by atoms with E-state index in [4.69, 9.17) is 4.74 Å². The number of hydrogen-bond donors (Lipinski definition) is 1. The minimum absolute atomic E-state index is 0.0108. The second-order valence-electron chi connectivity index (χ2n) is 8.09. The molecular formula is C19H22O5. The molecule has 1 heterocycles. The molecule has 0 aromatic carbocycles. The molecule has 1 saturated carbocycles. The molecule has 24 heavy (non-hydrogen) atoms. The molecule has 0 amide bonds. The molecule has 3 aliphatic carbocycles. The quantitative estimate of drug-likeness (QED) is 0.585. The SMILES string of the molecule is C=C(C)[C@@H]1CC(=O)C2=C(C1)[C@@H]1C(=O)O[C@@H]3C[C@](C)(O)[C@@H](C(=O)C2)[C@H]13. The van der Waals surface area contributed by atoms with Gasteiger partial charge in [0.1, 0.15) is 11.9 Å². The largest absolute Gasteiger partial charge is 0.461 e. The van der Waals surface area contributed by atoms with Crippen molar-refractivity contribution in [2.75, 3.05) is 0 Å². The highest BCUT2D eigenvalue weighted by Gasteiger charge is 2.64. The molecule has 4 aliphatic rings.